The van der Waals surface area contributed by atoms with E-state index in [9.17, 15) is 0 Å². The molecule has 0 N–H and O–H groups in total. The summed E-state index contributed by atoms with van der Waals surface area (Å²) in [4.78, 5) is 13.8. The highest BCUT2D eigenvalue weighted by Gasteiger charge is 2.75. The summed E-state index contributed by atoms with van der Waals surface area (Å²) < 4.78 is 0. The molecule has 4 nitrogen and oxygen atoms in total. The quantitative estimate of drug-likeness (QED) is 0.843. The fraction of sp³-hybridized carbons (Fsp3) is 0.474. The zero-order valence-electron chi connectivity index (χ0n) is 14.0. The number of para-hydroxylation sites is 1. The lowest BCUT2D eigenvalue weighted by atomic mass is 9.76. The molecule has 4 heteroatoms. The van der Waals surface area contributed by atoms with Crippen molar-refractivity contribution in [2.75, 3.05) is 16.8 Å². The summed E-state index contributed by atoms with van der Waals surface area (Å²) in [6.45, 7) is 4.71. The summed E-state index contributed by atoms with van der Waals surface area (Å²) in [6.07, 6.45) is 7.67. The molecule has 0 amide bonds. The SMILES string of the molecule is CCC12CC1(CC)C1N(C)c3ncncc3N1c1ccccc12. The molecule has 0 spiro atoms. The Morgan fingerprint density at radius 1 is 1.17 bits per heavy atom. The molecule has 118 valence electrons. The number of benzene rings is 1. The third kappa shape index (κ3) is 1.27. The highest BCUT2D eigenvalue weighted by Crippen LogP contribution is 2.77. The van der Waals surface area contributed by atoms with Gasteiger partial charge in [-0.2, -0.15) is 0 Å². The van der Waals surface area contributed by atoms with Crippen LogP contribution in [-0.4, -0.2) is 23.2 Å². The monoisotopic (exact) mass is 306 g/mol. The van der Waals surface area contributed by atoms with Crippen molar-refractivity contribution in [1.82, 2.24) is 9.97 Å². The Kier molecular flexibility index (Phi) is 2.35. The van der Waals surface area contributed by atoms with E-state index in [0.717, 1.165) is 11.5 Å². The molecule has 3 aliphatic rings. The molecule has 0 saturated heterocycles. The third-order valence-corrected chi connectivity index (χ3v) is 6.73. The lowest BCUT2D eigenvalue weighted by Gasteiger charge is -2.45. The number of anilines is 3. The van der Waals surface area contributed by atoms with Gasteiger partial charge < -0.3 is 9.80 Å². The van der Waals surface area contributed by atoms with Crippen LogP contribution in [0.15, 0.2) is 36.8 Å². The second kappa shape index (κ2) is 4.05. The van der Waals surface area contributed by atoms with E-state index in [1.54, 1.807) is 6.33 Å². The Bertz CT molecular complexity index is 803. The molecule has 1 aliphatic carbocycles. The Labute approximate surface area is 137 Å². The van der Waals surface area contributed by atoms with E-state index in [0.29, 0.717) is 17.0 Å². The van der Waals surface area contributed by atoms with Gasteiger partial charge in [-0.25, -0.2) is 9.97 Å². The second-order valence-corrected chi connectivity index (χ2v) is 7.23. The molecular formula is C19H22N4. The van der Waals surface area contributed by atoms with Crippen molar-refractivity contribution in [3.05, 3.63) is 42.4 Å². The van der Waals surface area contributed by atoms with Crippen molar-refractivity contribution in [1.29, 1.82) is 0 Å². The number of hydrogen-bond donors (Lipinski definition) is 0. The van der Waals surface area contributed by atoms with Crippen LogP contribution in [0.3, 0.4) is 0 Å². The van der Waals surface area contributed by atoms with Gasteiger partial charge >= 0.3 is 0 Å². The number of fused-ring (bicyclic) bond motifs is 8. The first kappa shape index (κ1) is 13.3. The van der Waals surface area contributed by atoms with Crippen LogP contribution in [0.1, 0.15) is 38.7 Å². The van der Waals surface area contributed by atoms with Crippen LogP contribution in [0.5, 0.6) is 0 Å². The molecule has 2 aliphatic heterocycles. The van der Waals surface area contributed by atoms with E-state index >= 15 is 0 Å². The minimum absolute atomic E-state index is 0.311. The Hall–Kier alpha value is -2.10. The molecule has 0 radical (unpaired) electrons. The molecule has 23 heavy (non-hydrogen) atoms. The molecule has 5 rings (SSSR count). The molecule has 1 fully saturated rings. The summed E-state index contributed by atoms with van der Waals surface area (Å²) in [5.74, 6) is 1.06. The molecule has 1 saturated carbocycles. The molecule has 1 aromatic carbocycles. The third-order valence-electron chi connectivity index (χ3n) is 6.73. The highest BCUT2D eigenvalue weighted by atomic mass is 15.5. The standard InChI is InChI=1S/C19H22N4/c1-4-18-11-19(18,5-2)17-22(3)16-15(10-20-12-21-16)23(17)14-9-7-6-8-13(14)18/h6-10,12,17H,4-5,11H2,1-3H3. The van der Waals surface area contributed by atoms with Gasteiger partial charge in [0.2, 0.25) is 0 Å². The zero-order chi connectivity index (χ0) is 15.8. The molecule has 1 aromatic heterocycles. The molecule has 3 unspecified atom stereocenters. The van der Waals surface area contributed by atoms with Crippen molar-refractivity contribution in [3.63, 3.8) is 0 Å². The van der Waals surface area contributed by atoms with Crippen LogP contribution in [-0.2, 0) is 5.41 Å². The van der Waals surface area contributed by atoms with Crippen LogP contribution >= 0.6 is 0 Å². The normalized spacial score (nSPS) is 32.9. The highest BCUT2D eigenvalue weighted by molar-refractivity contribution is 5.85. The van der Waals surface area contributed by atoms with Gasteiger partial charge in [0.15, 0.2) is 5.82 Å². The first-order valence-electron chi connectivity index (χ1n) is 8.62. The topological polar surface area (TPSA) is 32.3 Å². The lowest BCUT2D eigenvalue weighted by molar-refractivity contribution is 0.306. The molecule has 3 atom stereocenters. The molecule has 3 heterocycles. The van der Waals surface area contributed by atoms with Gasteiger partial charge in [-0.1, -0.05) is 32.0 Å². The van der Waals surface area contributed by atoms with Crippen LogP contribution in [0.2, 0.25) is 0 Å². The number of nitrogens with zero attached hydrogens (tertiary/aromatic N) is 4. The van der Waals surface area contributed by atoms with E-state index < -0.39 is 0 Å². The van der Waals surface area contributed by atoms with Crippen molar-refractivity contribution in [2.45, 2.75) is 44.7 Å². The summed E-state index contributed by atoms with van der Waals surface area (Å²) in [6, 6.07) is 8.96. The number of rotatable bonds is 2. The van der Waals surface area contributed by atoms with Gasteiger partial charge in [-0.05, 0) is 30.9 Å². The van der Waals surface area contributed by atoms with Gasteiger partial charge in [0.05, 0.1) is 6.20 Å². The van der Waals surface area contributed by atoms with Gasteiger partial charge in [-0.3, -0.25) is 0 Å². The lowest BCUT2D eigenvalue weighted by Crippen LogP contribution is -2.51. The van der Waals surface area contributed by atoms with Gasteiger partial charge in [-0.15, -0.1) is 0 Å². The molecular weight excluding hydrogens is 284 g/mol. The minimum atomic E-state index is 0.311. The van der Waals surface area contributed by atoms with Crippen LogP contribution in [0.4, 0.5) is 17.2 Å². The second-order valence-electron chi connectivity index (χ2n) is 7.23. The predicted octanol–water partition coefficient (Wildman–Crippen LogP) is 3.85. The Morgan fingerprint density at radius 2 is 2.00 bits per heavy atom. The summed E-state index contributed by atoms with van der Waals surface area (Å²) in [7, 11) is 2.20. The smallest absolute Gasteiger partial charge is 0.157 e. The van der Waals surface area contributed by atoms with Crippen molar-refractivity contribution >= 4 is 17.2 Å². The first-order valence-corrected chi connectivity index (χ1v) is 8.62. The first-order chi connectivity index (χ1) is 11.2. The van der Waals surface area contributed by atoms with Gasteiger partial charge in [0, 0.05) is 23.6 Å². The number of hydrogen-bond acceptors (Lipinski definition) is 4. The van der Waals surface area contributed by atoms with E-state index in [1.165, 1.54) is 30.5 Å². The number of aromatic nitrogens is 2. The summed E-state index contributed by atoms with van der Waals surface area (Å²) >= 11 is 0. The van der Waals surface area contributed by atoms with Gasteiger partial charge in [0.25, 0.3) is 0 Å². The Balaban J connectivity index is 1.83. The van der Waals surface area contributed by atoms with E-state index in [2.05, 4.69) is 64.9 Å². The van der Waals surface area contributed by atoms with Crippen LogP contribution in [0, 0.1) is 5.41 Å². The van der Waals surface area contributed by atoms with Crippen molar-refractivity contribution in [3.8, 4) is 0 Å². The summed E-state index contributed by atoms with van der Waals surface area (Å²) in [5, 5.41) is 0. The van der Waals surface area contributed by atoms with E-state index in [-0.39, 0.29) is 0 Å². The van der Waals surface area contributed by atoms with Crippen LogP contribution in [0.25, 0.3) is 0 Å². The predicted molar refractivity (Wildman–Crippen MR) is 92.1 cm³/mol. The fourth-order valence-electron chi connectivity index (χ4n) is 5.66. The fourth-order valence-corrected chi connectivity index (χ4v) is 5.66. The largest absolute Gasteiger partial charge is 0.337 e. The van der Waals surface area contributed by atoms with Gasteiger partial charge in [0.1, 0.15) is 18.2 Å². The van der Waals surface area contributed by atoms with E-state index in [4.69, 9.17) is 0 Å². The Morgan fingerprint density at radius 3 is 2.78 bits per heavy atom. The average molecular weight is 306 g/mol. The zero-order valence-corrected chi connectivity index (χ0v) is 14.0. The van der Waals surface area contributed by atoms with Crippen molar-refractivity contribution < 1.29 is 0 Å². The van der Waals surface area contributed by atoms with E-state index in [1.807, 2.05) is 6.20 Å². The summed E-state index contributed by atoms with van der Waals surface area (Å²) in [5.41, 5.74) is 4.65. The minimum Gasteiger partial charge on any atom is -0.337 e. The maximum absolute atomic E-state index is 4.58. The molecule has 2 aromatic rings. The maximum atomic E-state index is 4.58. The van der Waals surface area contributed by atoms with Crippen LogP contribution < -0.4 is 9.80 Å². The van der Waals surface area contributed by atoms with Crippen molar-refractivity contribution in [2.24, 2.45) is 5.41 Å². The molecule has 0 bridgehead atoms. The maximum Gasteiger partial charge on any atom is 0.157 e. The average Bonchev–Trinajstić information content (AvgIpc) is 3.22.